The Morgan fingerprint density at radius 3 is 2.67 bits per heavy atom. The van der Waals surface area contributed by atoms with Crippen LogP contribution in [0.5, 0.6) is 0 Å². The number of fused-ring (bicyclic) bond motifs is 5. The van der Waals surface area contributed by atoms with E-state index in [1.54, 1.807) is 13.0 Å². The molecule has 0 radical (unpaired) electrons. The third-order valence-corrected chi connectivity index (χ3v) is 9.41. The molecule has 0 amide bonds. The molecule has 2 saturated carbocycles. The summed E-state index contributed by atoms with van der Waals surface area (Å²) in [4.78, 5) is 64.9. The van der Waals surface area contributed by atoms with E-state index in [0.29, 0.717) is 19.3 Å². The molecule has 0 unspecified atom stereocenters. The van der Waals surface area contributed by atoms with Gasteiger partial charge in [-0.15, -0.1) is 10.1 Å². The number of carbonyl (C=O) groups is 4. The number of ketones is 2. The van der Waals surface area contributed by atoms with Crippen LogP contribution in [0.1, 0.15) is 59.3 Å². The molecule has 2 fully saturated rings. The van der Waals surface area contributed by atoms with Crippen LogP contribution in [0.2, 0.25) is 0 Å². The third-order valence-electron chi connectivity index (χ3n) is 9.41. The van der Waals surface area contributed by atoms with E-state index in [-0.39, 0.29) is 43.0 Å². The van der Waals surface area contributed by atoms with Crippen LogP contribution in [-0.2, 0) is 33.4 Å². The van der Waals surface area contributed by atoms with Crippen LogP contribution in [0.4, 0.5) is 4.79 Å². The molecule has 0 aromatic rings. The molecule has 4 rings (SSSR count). The number of Topliss-reactive ketones (excluding diaryl/α,β-unsaturated/α-hetero) is 1. The number of rotatable bonds is 9. The highest BCUT2D eigenvalue weighted by molar-refractivity contribution is 5.94. The number of ether oxygens (including phenoxy) is 3. The first-order chi connectivity index (χ1) is 18.4. The van der Waals surface area contributed by atoms with Crippen molar-refractivity contribution in [1.82, 2.24) is 0 Å². The van der Waals surface area contributed by atoms with Crippen LogP contribution < -0.4 is 0 Å². The summed E-state index contributed by atoms with van der Waals surface area (Å²) in [5.41, 5.74) is -2.21. The molecular weight excluding hydrogens is 514 g/mol. The maximum Gasteiger partial charge on any atom is 0.509 e. The highest BCUT2D eigenvalue weighted by Crippen LogP contribution is 2.67. The number of hydrogen-bond donors (Lipinski definition) is 1. The van der Waals surface area contributed by atoms with Crippen molar-refractivity contribution in [3.05, 3.63) is 33.9 Å². The van der Waals surface area contributed by atoms with Crippen molar-refractivity contribution >= 4 is 23.7 Å². The van der Waals surface area contributed by atoms with Crippen molar-refractivity contribution in [2.75, 3.05) is 19.8 Å². The Morgan fingerprint density at radius 2 is 1.97 bits per heavy atom. The molecule has 7 atom stereocenters. The molecule has 0 saturated heterocycles. The smallest absolute Gasteiger partial charge is 0.457 e. The zero-order chi connectivity index (χ0) is 28.6. The van der Waals surface area contributed by atoms with E-state index in [9.17, 15) is 34.4 Å². The van der Waals surface area contributed by atoms with E-state index < -0.39 is 65.2 Å². The van der Waals surface area contributed by atoms with Gasteiger partial charge in [-0.1, -0.05) is 31.6 Å². The monoisotopic (exact) mass is 549 g/mol. The molecule has 0 aromatic heterocycles. The fraction of sp³-hybridized carbons (Fsp3) is 0.704. The quantitative estimate of drug-likeness (QED) is 0.194. The largest absolute Gasteiger partial charge is 0.509 e. The first-order valence-electron chi connectivity index (χ1n) is 13.3. The minimum atomic E-state index is -1.71. The second-order valence-electron chi connectivity index (χ2n) is 11.3. The number of carbonyl (C=O) groups excluding carboxylic acids is 4. The van der Waals surface area contributed by atoms with Crippen molar-refractivity contribution < 1.29 is 48.4 Å². The van der Waals surface area contributed by atoms with Gasteiger partial charge in [-0.25, -0.2) is 4.79 Å². The Bertz CT molecular complexity index is 1120. The Labute approximate surface area is 225 Å². The van der Waals surface area contributed by atoms with Gasteiger partial charge in [0.2, 0.25) is 5.78 Å². The minimum Gasteiger partial charge on any atom is -0.457 e. The Kier molecular flexibility index (Phi) is 7.89. The molecule has 12 nitrogen and oxygen atoms in total. The van der Waals surface area contributed by atoms with Gasteiger partial charge in [-0.3, -0.25) is 14.4 Å². The zero-order valence-electron chi connectivity index (χ0n) is 22.4. The highest BCUT2D eigenvalue weighted by atomic mass is 16.9. The van der Waals surface area contributed by atoms with Crippen molar-refractivity contribution in [3.63, 3.8) is 0 Å². The van der Waals surface area contributed by atoms with Crippen LogP contribution in [-0.4, -0.2) is 65.4 Å². The molecule has 0 aromatic carbocycles. The van der Waals surface area contributed by atoms with E-state index >= 15 is 0 Å². The van der Waals surface area contributed by atoms with E-state index in [1.165, 1.54) is 0 Å². The fourth-order valence-electron chi connectivity index (χ4n) is 7.73. The van der Waals surface area contributed by atoms with Crippen molar-refractivity contribution in [3.8, 4) is 0 Å². The molecule has 0 aliphatic heterocycles. The molecule has 0 heterocycles. The molecule has 12 heteroatoms. The fourth-order valence-corrected chi connectivity index (χ4v) is 7.73. The minimum absolute atomic E-state index is 0.0268. The molecule has 0 bridgehead atoms. The predicted molar refractivity (Wildman–Crippen MR) is 132 cm³/mol. The summed E-state index contributed by atoms with van der Waals surface area (Å²) in [5.74, 6) is -1.85. The lowest BCUT2D eigenvalue weighted by molar-refractivity contribution is -0.757. The molecule has 1 N–H and O–H groups in total. The maximum atomic E-state index is 13.8. The van der Waals surface area contributed by atoms with Gasteiger partial charge in [0.05, 0.1) is 19.1 Å². The summed E-state index contributed by atoms with van der Waals surface area (Å²) < 4.78 is 15.9. The molecule has 214 valence electrons. The lowest BCUT2D eigenvalue weighted by Gasteiger charge is -2.59. The van der Waals surface area contributed by atoms with E-state index in [0.717, 1.165) is 5.57 Å². The SMILES string of the molecule is CCOC(=O)O[C@]1(C(=O)COC(=O)CCO[N+](=O)[O-])CC[C@H]2[C@@H]3CC=C4CC(=O)C=C[C@]4(C)[C@H]3[C@@H](O)C[C@@]21C. The van der Waals surface area contributed by atoms with Crippen LogP contribution in [0, 0.1) is 38.7 Å². The average molecular weight is 550 g/mol. The first kappa shape index (κ1) is 28.7. The summed E-state index contributed by atoms with van der Waals surface area (Å²) in [6, 6.07) is 0. The van der Waals surface area contributed by atoms with Gasteiger partial charge < -0.3 is 24.2 Å². The van der Waals surface area contributed by atoms with Gasteiger partial charge in [0.25, 0.3) is 5.09 Å². The van der Waals surface area contributed by atoms with E-state index in [4.69, 9.17) is 14.2 Å². The standard InChI is InChI=1S/C27H35NO11/c1-4-36-24(33)39-27(21(31)15-37-22(32)9-12-38-28(34)35)11-8-19-18-6-5-16-13-17(29)7-10-25(16,2)23(18)20(30)14-26(19,27)3/h5,7,10,18-20,23,30H,4,6,8-9,11-15H2,1-3H3/t18-,19-,20-,23+,25-,26-,27-/m0/s1. The van der Waals surface area contributed by atoms with Gasteiger partial charge in [0, 0.05) is 23.2 Å². The predicted octanol–water partition coefficient (Wildman–Crippen LogP) is 2.89. The first-order valence-corrected chi connectivity index (χ1v) is 13.3. The van der Waals surface area contributed by atoms with Crippen LogP contribution in [0.3, 0.4) is 0 Å². The third kappa shape index (κ3) is 4.94. The lowest BCUT2D eigenvalue weighted by Crippen LogP contribution is -2.63. The molecular formula is C27H35NO11. The van der Waals surface area contributed by atoms with E-state index in [1.807, 2.05) is 19.9 Å². The van der Waals surface area contributed by atoms with Gasteiger partial charge >= 0.3 is 12.1 Å². The van der Waals surface area contributed by atoms with Crippen LogP contribution in [0.25, 0.3) is 0 Å². The number of hydrogen-bond acceptors (Lipinski definition) is 11. The normalized spacial score (nSPS) is 36.5. The van der Waals surface area contributed by atoms with Gasteiger partial charge in [0.15, 0.2) is 18.0 Å². The number of nitrogens with zero attached hydrogens (tertiary/aromatic N) is 1. The zero-order valence-corrected chi connectivity index (χ0v) is 22.4. The maximum absolute atomic E-state index is 13.8. The van der Waals surface area contributed by atoms with Gasteiger partial charge in [0.1, 0.15) is 6.61 Å². The molecule has 4 aliphatic rings. The Hall–Kier alpha value is -3.28. The lowest BCUT2D eigenvalue weighted by atomic mass is 9.47. The van der Waals surface area contributed by atoms with Crippen molar-refractivity contribution in [2.24, 2.45) is 28.6 Å². The molecule has 0 spiro atoms. The van der Waals surface area contributed by atoms with E-state index in [2.05, 4.69) is 10.9 Å². The second kappa shape index (κ2) is 10.7. The number of aliphatic hydroxyl groups is 1. The van der Waals surface area contributed by atoms with Gasteiger partial charge in [-0.2, -0.15) is 0 Å². The average Bonchev–Trinajstić information content (AvgIpc) is 3.14. The molecule has 39 heavy (non-hydrogen) atoms. The molecule has 4 aliphatic carbocycles. The topological polar surface area (TPSA) is 169 Å². The summed E-state index contributed by atoms with van der Waals surface area (Å²) in [5, 5.41) is 20.9. The second-order valence-corrected chi connectivity index (χ2v) is 11.3. The summed E-state index contributed by atoms with van der Waals surface area (Å²) in [7, 11) is 0. The van der Waals surface area contributed by atoms with Crippen molar-refractivity contribution in [2.45, 2.75) is 71.0 Å². The van der Waals surface area contributed by atoms with Crippen molar-refractivity contribution in [1.29, 1.82) is 0 Å². The number of aliphatic hydroxyl groups excluding tert-OH is 1. The van der Waals surface area contributed by atoms with Crippen LogP contribution >= 0.6 is 0 Å². The highest BCUT2D eigenvalue weighted by Gasteiger charge is 2.70. The Balaban J connectivity index is 1.61. The Morgan fingerprint density at radius 1 is 1.23 bits per heavy atom. The van der Waals surface area contributed by atoms with Gasteiger partial charge in [-0.05, 0) is 50.5 Å². The summed E-state index contributed by atoms with van der Waals surface area (Å²) in [6.07, 6.45) is 4.99. The number of allylic oxidation sites excluding steroid dienone is 4. The van der Waals surface area contributed by atoms with Crippen LogP contribution in [0.15, 0.2) is 23.8 Å². The number of esters is 1. The summed E-state index contributed by atoms with van der Waals surface area (Å²) in [6.45, 7) is 4.27. The summed E-state index contributed by atoms with van der Waals surface area (Å²) >= 11 is 0.